The molecule has 7 N–H and O–H groups in total. The van der Waals surface area contributed by atoms with Crippen molar-refractivity contribution in [2.24, 2.45) is 0 Å². The number of fused-ring (bicyclic) bond motifs is 1. The summed E-state index contributed by atoms with van der Waals surface area (Å²) in [6, 6.07) is 11.5. The summed E-state index contributed by atoms with van der Waals surface area (Å²) in [5.74, 6) is -0.778. The Labute approximate surface area is 222 Å². The van der Waals surface area contributed by atoms with Gasteiger partial charge in [0.05, 0.1) is 19.6 Å². The highest BCUT2D eigenvalue weighted by atomic mass is 16.8. The van der Waals surface area contributed by atoms with E-state index in [1.165, 1.54) is 6.07 Å². The van der Waals surface area contributed by atoms with Gasteiger partial charge in [0.2, 0.25) is 6.29 Å². The van der Waals surface area contributed by atoms with Crippen molar-refractivity contribution in [3.8, 4) is 17.2 Å². The average molecular weight is 551 g/mol. The number of carbonyl (C=O) groups is 1. The molecule has 3 heterocycles. The van der Waals surface area contributed by atoms with Crippen molar-refractivity contribution < 1.29 is 64.2 Å². The van der Waals surface area contributed by atoms with Crippen LogP contribution in [-0.4, -0.2) is 110 Å². The lowest BCUT2D eigenvalue weighted by Crippen LogP contribution is -2.63. The molecule has 13 nitrogen and oxygen atoms in total. The fourth-order valence-electron chi connectivity index (χ4n) is 4.82. The van der Waals surface area contributed by atoms with Gasteiger partial charge in [-0.2, -0.15) is 0 Å². The topological polar surface area (TPSA) is 205 Å². The number of rotatable bonds is 6. The highest BCUT2D eigenvalue weighted by Crippen LogP contribution is 2.42. The first-order valence-corrected chi connectivity index (χ1v) is 12.4. The first-order chi connectivity index (χ1) is 18.7. The number of hydrogen-bond acceptors (Lipinski definition) is 13. The summed E-state index contributed by atoms with van der Waals surface area (Å²) in [6.07, 6.45) is -14.5. The molecule has 0 aliphatic carbocycles. The van der Waals surface area contributed by atoms with Gasteiger partial charge in [0.15, 0.2) is 18.2 Å². The number of ether oxygens (including phenoxy) is 5. The highest BCUT2D eigenvalue weighted by molar-refractivity contribution is 6.02. The van der Waals surface area contributed by atoms with Crippen LogP contribution in [0.25, 0.3) is 0 Å². The first-order valence-electron chi connectivity index (χ1n) is 12.4. The van der Waals surface area contributed by atoms with Crippen molar-refractivity contribution in [3.63, 3.8) is 0 Å². The minimum atomic E-state index is -1.72. The summed E-state index contributed by atoms with van der Waals surface area (Å²) in [5.41, 5.74) is 0.731. The van der Waals surface area contributed by atoms with Crippen molar-refractivity contribution in [1.82, 2.24) is 0 Å². The summed E-state index contributed by atoms with van der Waals surface area (Å²) in [4.78, 5) is 12.8. The number of phenols is 1. The molecule has 2 aromatic carbocycles. The molecule has 0 amide bonds. The molecule has 3 aliphatic rings. The van der Waals surface area contributed by atoms with E-state index in [0.717, 1.165) is 11.6 Å². The van der Waals surface area contributed by atoms with Crippen LogP contribution in [0.4, 0.5) is 0 Å². The zero-order valence-corrected chi connectivity index (χ0v) is 20.5. The summed E-state index contributed by atoms with van der Waals surface area (Å²) >= 11 is 0. The molecule has 39 heavy (non-hydrogen) atoms. The van der Waals surface area contributed by atoms with Crippen molar-refractivity contribution in [1.29, 1.82) is 0 Å². The second-order valence-electron chi connectivity index (χ2n) is 9.64. The largest absolute Gasteiger partial charge is 0.507 e. The van der Waals surface area contributed by atoms with Crippen LogP contribution in [0.2, 0.25) is 0 Å². The van der Waals surface area contributed by atoms with Crippen LogP contribution < -0.4 is 9.47 Å². The summed E-state index contributed by atoms with van der Waals surface area (Å²) < 4.78 is 28.3. The Morgan fingerprint density at radius 1 is 0.923 bits per heavy atom. The minimum Gasteiger partial charge on any atom is -0.507 e. The lowest BCUT2D eigenvalue weighted by atomic mass is 9.95. The van der Waals surface area contributed by atoms with Crippen LogP contribution in [0.3, 0.4) is 0 Å². The number of aromatic hydroxyl groups is 1. The van der Waals surface area contributed by atoms with E-state index in [-0.39, 0.29) is 35.9 Å². The third kappa shape index (κ3) is 5.45. The molecular formula is C26H30O13. The van der Waals surface area contributed by atoms with Crippen LogP contribution in [0.1, 0.15) is 28.4 Å². The van der Waals surface area contributed by atoms with E-state index in [1.54, 1.807) is 24.3 Å². The number of benzene rings is 2. The van der Waals surface area contributed by atoms with Crippen molar-refractivity contribution >= 4 is 5.78 Å². The van der Waals surface area contributed by atoms with Crippen molar-refractivity contribution in [3.05, 3.63) is 53.6 Å². The Morgan fingerprint density at radius 3 is 2.38 bits per heavy atom. The van der Waals surface area contributed by atoms with Gasteiger partial charge in [-0.05, 0) is 5.56 Å². The molecule has 212 valence electrons. The fourth-order valence-corrected chi connectivity index (χ4v) is 4.82. The Hall–Kier alpha value is -2.85. The number of carbonyl (C=O) groups excluding carboxylic acids is 1. The van der Waals surface area contributed by atoms with Gasteiger partial charge in [0.25, 0.3) is 0 Å². The Kier molecular flexibility index (Phi) is 8.05. The second kappa shape index (κ2) is 11.3. The molecule has 3 aliphatic heterocycles. The van der Waals surface area contributed by atoms with Gasteiger partial charge in [-0.15, -0.1) is 0 Å². The predicted octanol–water partition coefficient (Wildman–Crippen LogP) is -1.26. The minimum absolute atomic E-state index is 0.0128. The number of Topliss-reactive ketones (excluding diaryl/α,β-unsaturated/α-hetero) is 1. The average Bonchev–Trinajstić information content (AvgIpc) is 2.92. The molecule has 2 aromatic rings. The van der Waals surface area contributed by atoms with E-state index in [9.17, 15) is 40.5 Å². The zero-order chi connectivity index (χ0) is 27.8. The quantitative estimate of drug-likeness (QED) is 0.225. The zero-order valence-electron chi connectivity index (χ0n) is 20.5. The molecule has 2 fully saturated rings. The molecule has 10 atom stereocenters. The second-order valence-corrected chi connectivity index (χ2v) is 9.64. The number of aliphatic hydroxyl groups is 6. The van der Waals surface area contributed by atoms with Gasteiger partial charge >= 0.3 is 0 Å². The first kappa shape index (κ1) is 27.7. The van der Waals surface area contributed by atoms with E-state index >= 15 is 0 Å². The van der Waals surface area contributed by atoms with Crippen LogP contribution in [0, 0.1) is 0 Å². The van der Waals surface area contributed by atoms with Gasteiger partial charge in [-0.1, -0.05) is 30.3 Å². The molecule has 2 saturated heterocycles. The van der Waals surface area contributed by atoms with E-state index in [0.29, 0.717) is 0 Å². The van der Waals surface area contributed by atoms with E-state index in [2.05, 4.69) is 0 Å². The molecule has 0 radical (unpaired) electrons. The molecule has 0 unspecified atom stereocenters. The van der Waals surface area contributed by atoms with Crippen LogP contribution in [0.15, 0.2) is 42.5 Å². The van der Waals surface area contributed by atoms with Crippen molar-refractivity contribution in [2.45, 2.75) is 67.8 Å². The van der Waals surface area contributed by atoms with Gasteiger partial charge < -0.3 is 59.4 Å². The lowest BCUT2D eigenvalue weighted by molar-refractivity contribution is -0.344. The molecule has 13 heteroatoms. The third-order valence-corrected chi connectivity index (χ3v) is 6.97. The van der Waals surface area contributed by atoms with E-state index in [1.807, 2.05) is 6.07 Å². The molecule has 5 rings (SSSR count). The standard InChI is InChI=1S/C26H30O13/c27-9-18-21(32)22(33)24(39-25-23(34)20(31)15(30)10-35-25)26(38-18)36-12-6-13(28)19-14(29)8-16(37-17(19)7-12)11-4-2-1-3-5-11/h1-7,15-16,18,20-28,30-34H,8-10H2/t15-,16+,18+,20-,21+,22-,23+,24+,25-,26+/m0/s1. The Morgan fingerprint density at radius 2 is 1.67 bits per heavy atom. The summed E-state index contributed by atoms with van der Waals surface area (Å²) in [6.45, 7) is -1.07. The third-order valence-electron chi connectivity index (χ3n) is 6.97. The molecule has 0 aromatic heterocycles. The maximum Gasteiger partial charge on any atom is 0.229 e. The van der Waals surface area contributed by atoms with Gasteiger partial charge in [-0.25, -0.2) is 0 Å². The maximum absolute atomic E-state index is 12.8. The fraction of sp³-hybridized carbons (Fsp3) is 0.500. The number of hydrogen-bond donors (Lipinski definition) is 7. The normalized spacial score (nSPS) is 36.6. The summed E-state index contributed by atoms with van der Waals surface area (Å²) in [5, 5.41) is 71.3. The SMILES string of the molecule is O=C1C[C@H](c2ccccc2)Oc2cc(O[C@@H]3O[C@H](CO)[C@@H](O)[C@H](O)[C@H]3O[C@@H]3OC[C@H](O)[C@H](O)[C@H]3O)cc(O)c21. The number of phenolic OH excluding ortho intramolecular Hbond substituents is 1. The Bertz CT molecular complexity index is 1160. The molecular weight excluding hydrogens is 520 g/mol. The lowest BCUT2D eigenvalue weighted by Gasteiger charge is -2.44. The van der Waals surface area contributed by atoms with Crippen LogP contribution in [-0.2, 0) is 14.2 Å². The monoisotopic (exact) mass is 550 g/mol. The number of ketones is 1. The Balaban J connectivity index is 1.41. The van der Waals surface area contributed by atoms with Gasteiger partial charge in [-0.3, -0.25) is 4.79 Å². The van der Waals surface area contributed by atoms with Crippen LogP contribution in [0.5, 0.6) is 17.2 Å². The van der Waals surface area contributed by atoms with Crippen molar-refractivity contribution in [2.75, 3.05) is 13.2 Å². The van der Waals surface area contributed by atoms with Crippen LogP contribution >= 0.6 is 0 Å². The molecule has 0 bridgehead atoms. The van der Waals surface area contributed by atoms with Gasteiger partial charge in [0, 0.05) is 12.1 Å². The summed E-state index contributed by atoms with van der Waals surface area (Å²) in [7, 11) is 0. The van der Waals surface area contributed by atoms with E-state index < -0.39 is 73.8 Å². The smallest absolute Gasteiger partial charge is 0.229 e. The maximum atomic E-state index is 12.8. The molecule has 0 saturated carbocycles. The van der Waals surface area contributed by atoms with Gasteiger partial charge in [0.1, 0.15) is 65.5 Å². The predicted molar refractivity (Wildman–Crippen MR) is 128 cm³/mol. The van der Waals surface area contributed by atoms with E-state index in [4.69, 9.17) is 23.7 Å². The highest BCUT2D eigenvalue weighted by Gasteiger charge is 2.50. The molecule has 0 spiro atoms. The number of aliphatic hydroxyl groups excluding tert-OH is 6.